The summed E-state index contributed by atoms with van der Waals surface area (Å²) in [6, 6.07) is 2.98. The lowest BCUT2D eigenvalue weighted by molar-refractivity contribution is -0.132. The fraction of sp³-hybridized carbons (Fsp3) is 0.462. The highest BCUT2D eigenvalue weighted by Gasteiger charge is 2.25. The van der Waals surface area contributed by atoms with Crippen LogP contribution in [0.3, 0.4) is 0 Å². The van der Waals surface area contributed by atoms with Crippen LogP contribution in [0.5, 0.6) is 5.75 Å². The third kappa shape index (κ3) is 3.41. The van der Waals surface area contributed by atoms with Crippen molar-refractivity contribution in [2.75, 3.05) is 26.2 Å². The van der Waals surface area contributed by atoms with Gasteiger partial charge in [-0.2, -0.15) is 0 Å². The number of nitrogens with zero attached hydrogens (tertiary/aromatic N) is 1. The molecule has 4 nitrogen and oxygen atoms in total. The first-order chi connectivity index (χ1) is 9.10. The minimum Gasteiger partial charge on any atom is -0.481 e. The molecule has 2 rings (SSSR count). The fourth-order valence-corrected chi connectivity index (χ4v) is 2.07. The lowest BCUT2D eigenvalue weighted by atomic mass is 10.1. The zero-order valence-electron chi connectivity index (χ0n) is 10.4. The first kappa shape index (κ1) is 13.7. The molecule has 19 heavy (non-hydrogen) atoms. The Morgan fingerprint density at radius 2 is 2.26 bits per heavy atom. The van der Waals surface area contributed by atoms with Gasteiger partial charge < -0.3 is 15.4 Å². The molecular weight excluding hydrogens is 254 g/mol. The monoisotopic (exact) mass is 270 g/mol. The van der Waals surface area contributed by atoms with Crippen molar-refractivity contribution < 1.29 is 18.3 Å². The van der Waals surface area contributed by atoms with Crippen molar-refractivity contribution in [3.8, 4) is 5.75 Å². The predicted molar refractivity (Wildman–Crippen MR) is 65.6 cm³/mol. The highest BCUT2D eigenvalue weighted by Crippen LogP contribution is 2.19. The number of nitrogens with two attached hydrogens (primary N) is 1. The molecule has 1 aliphatic heterocycles. The van der Waals surface area contributed by atoms with Crippen LogP contribution in [-0.4, -0.2) is 37.0 Å². The van der Waals surface area contributed by atoms with Crippen LogP contribution in [0.1, 0.15) is 6.42 Å². The van der Waals surface area contributed by atoms with E-state index in [9.17, 15) is 13.6 Å². The number of benzene rings is 1. The summed E-state index contributed by atoms with van der Waals surface area (Å²) < 4.78 is 31.1. The normalized spacial score (nSPS) is 18.7. The Labute approximate surface area is 110 Å². The lowest BCUT2D eigenvalue weighted by Gasteiger charge is -2.16. The van der Waals surface area contributed by atoms with Crippen molar-refractivity contribution in [2.45, 2.75) is 6.42 Å². The summed E-state index contributed by atoms with van der Waals surface area (Å²) in [7, 11) is 0. The molecule has 2 N–H and O–H groups in total. The molecule has 1 unspecified atom stereocenters. The van der Waals surface area contributed by atoms with Crippen LogP contribution >= 0.6 is 0 Å². The van der Waals surface area contributed by atoms with E-state index >= 15 is 0 Å². The van der Waals surface area contributed by atoms with Gasteiger partial charge in [-0.3, -0.25) is 4.79 Å². The van der Waals surface area contributed by atoms with Crippen molar-refractivity contribution in [3.63, 3.8) is 0 Å². The maximum absolute atomic E-state index is 13.3. The summed E-state index contributed by atoms with van der Waals surface area (Å²) >= 11 is 0. The maximum Gasteiger partial charge on any atom is 0.260 e. The summed E-state index contributed by atoms with van der Waals surface area (Å²) in [6.45, 7) is 1.57. The average Bonchev–Trinajstić information content (AvgIpc) is 2.86. The van der Waals surface area contributed by atoms with Gasteiger partial charge in [-0.25, -0.2) is 8.78 Å². The molecule has 1 saturated heterocycles. The van der Waals surface area contributed by atoms with E-state index in [0.29, 0.717) is 25.6 Å². The fourth-order valence-electron chi connectivity index (χ4n) is 2.07. The quantitative estimate of drug-likeness (QED) is 0.893. The Kier molecular flexibility index (Phi) is 4.31. The van der Waals surface area contributed by atoms with E-state index < -0.39 is 11.6 Å². The van der Waals surface area contributed by atoms with Gasteiger partial charge in [0.05, 0.1) is 0 Å². The van der Waals surface area contributed by atoms with Gasteiger partial charge in [0.25, 0.3) is 5.91 Å². The molecule has 0 radical (unpaired) electrons. The lowest BCUT2D eigenvalue weighted by Crippen LogP contribution is -2.33. The molecular formula is C13H16F2N2O2. The molecule has 6 heteroatoms. The van der Waals surface area contributed by atoms with Crippen molar-refractivity contribution in [3.05, 3.63) is 29.8 Å². The first-order valence-electron chi connectivity index (χ1n) is 6.16. The summed E-state index contributed by atoms with van der Waals surface area (Å²) in [5.74, 6) is -1.49. The van der Waals surface area contributed by atoms with Gasteiger partial charge in [0, 0.05) is 19.2 Å². The van der Waals surface area contributed by atoms with E-state index in [4.69, 9.17) is 10.5 Å². The van der Waals surface area contributed by atoms with E-state index in [1.165, 1.54) is 6.07 Å². The topological polar surface area (TPSA) is 55.6 Å². The molecule has 1 heterocycles. The van der Waals surface area contributed by atoms with Crippen LogP contribution in [0.2, 0.25) is 0 Å². The molecule has 0 bridgehead atoms. The summed E-state index contributed by atoms with van der Waals surface area (Å²) in [5, 5.41) is 0. The van der Waals surface area contributed by atoms with Crippen LogP contribution in [0, 0.1) is 17.6 Å². The summed E-state index contributed by atoms with van der Waals surface area (Å²) in [6.07, 6.45) is 0.882. The number of amides is 1. The van der Waals surface area contributed by atoms with E-state index in [-0.39, 0.29) is 18.3 Å². The van der Waals surface area contributed by atoms with Crippen LogP contribution in [0.4, 0.5) is 8.78 Å². The Morgan fingerprint density at radius 3 is 2.89 bits per heavy atom. The van der Waals surface area contributed by atoms with Crippen LogP contribution in [0.15, 0.2) is 18.2 Å². The number of halogens is 2. The van der Waals surface area contributed by atoms with Crippen LogP contribution in [0.25, 0.3) is 0 Å². The van der Waals surface area contributed by atoms with Crippen molar-refractivity contribution in [2.24, 2.45) is 11.7 Å². The highest BCUT2D eigenvalue weighted by molar-refractivity contribution is 5.78. The minimum atomic E-state index is -0.811. The molecule has 0 aliphatic carbocycles. The van der Waals surface area contributed by atoms with Crippen LogP contribution in [-0.2, 0) is 4.79 Å². The molecule has 1 atom stereocenters. The van der Waals surface area contributed by atoms with Crippen molar-refractivity contribution in [1.82, 2.24) is 4.90 Å². The standard InChI is InChI=1S/C13H16F2N2O2/c14-10-1-2-12(11(15)5-10)19-8-13(18)17-4-3-9(6-16)7-17/h1-2,5,9H,3-4,6-8,16H2. The number of likely N-dealkylation sites (tertiary alicyclic amines) is 1. The molecule has 1 fully saturated rings. The number of carbonyl (C=O) groups is 1. The SMILES string of the molecule is NCC1CCN(C(=O)COc2ccc(F)cc2F)C1. The Hall–Kier alpha value is -1.69. The maximum atomic E-state index is 13.3. The second-order valence-electron chi connectivity index (χ2n) is 4.59. The van der Waals surface area contributed by atoms with Gasteiger partial charge in [-0.1, -0.05) is 0 Å². The first-order valence-corrected chi connectivity index (χ1v) is 6.16. The molecule has 0 aromatic heterocycles. The molecule has 1 aromatic rings. The minimum absolute atomic E-state index is 0.121. The molecule has 1 aromatic carbocycles. The van der Waals surface area contributed by atoms with Crippen molar-refractivity contribution >= 4 is 5.91 Å². The number of hydrogen-bond donors (Lipinski definition) is 1. The van der Waals surface area contributed by atoms with E-state index in [2.05, 4.69) is 0 Å². The Balaban J connectivity index is 1.87. The van der Waals surface area contributed by atoms with Gasteiger partial charge in [-0.05, 0) is 31.0 Å². The summed E-state index contributed by atoms with van der Waals surface area (Å²) in [5.41, 5.74) is 5.54. The smallest absolute Gasteiger partial charge is 0.260 e. The van der Waals surface area contributed by atoms with Crippen molar-refractivity contribution in [1.29, 1.82) is 0 Å². The van der Waals surface area contributed by atoms with E-state index in [1.807, 2.05) is 0 Å². The zero-order valence-corrected chi connectivity index (χ0v) is 10.4. The number of hydrogen-bond acceptors (Lipinski definition) is 3. The third-order valence-electron chi connectivity index (χ3n) is 3.22. The van der Waals surface area contributed by atoms with E-state index in [1.54, 1.807) is 4.90 Å². The van der Waals surface area contributed by atoms with Gasteiger partial charge in [-0.15, -0.1) is 0 Å². The van der Waals surface area contributed by atoms with Gasteiger partial charge >= 0.3 is 0 Å². The van der Waals surface area contributed by atoms with Crippen LogP contribution < -0.4 is 10.5 Å². The molecule has 0 saturated carbocycles. The highest BCUT2D eigenvalue weighted by atomic mass is 19.1. The molecule has 104 valence electrons. The number of carbonyl (C=O) groups excluding carboxylic acids is 1. The second-order valence-corrected chi connectivity index (χ2v) is 4.59. The van der Waals surface area contributed by atoms with Gasteiger partial charge in [0.15, 0.2) is 18.2 Å². The van der Waals surface area contributed by atoms with E-state index in [0.717, 1.165) is 18.6 Å². The average molecular weight is 270 g/mol. The third-order valence-corrected chi connectivity index (χ3v) is 3.22. The Bertz CT molecular complexity index is 468. The molecule has 0 spiro atoms. The summed E-state index contributed by atoms with van der Waals surface area (Å²) in [4.78, 5) is 13.5. The second kappa shape index (κ2) is 5.97. The number of ether oxygens (including phenoxy) is 1. The largest absolute Gasteiger partial charge is 0.481 e. The molecule has 1 amide bonds. The predicted octanol–water partition coefficient (Wildman–Crippen LogP) is 1.15. The van der Waals surface area contributed by atoms with Gasteiger partial charge in [0.2, 0.25) is 0 Å². The van der Waals surface area contributed by atoms with Gasteiger partial charge in [0.1, 0.15) is 5.82 Å². The number of rotatable bonds is 4. The molecule has 1 aliphatic rings. The zero-order chi connectivity index (χ0) is 13.8. The Morgan fingerprint density at radius 1 is 1.47 bits per heavy atom.